The fourth-order valence-corrected chi connectivity index (χ4v) is 5.26. The van der Waals surface area contributed by atoms with Gasteiger partial charge in [0.05, 0.1) is 32.0 Å². The Kier molecular flexibility index (Phi) is 12.3. The number of aliphatic hydroxyl groups is 1. The van der Waals surface area contributed by atoms with Gasteiger partial charge in [-0.3, -0.25) is 4.79 Å². The first-order valence-corrected chi connectivity index (χ1v) is 14.0. The summed E-state index contributed by atoms with van der Waals surface area (Å²) >= 11 is 0. The number of allylic oxidation sites excluding steroid dienone is 1. The number of aliphatic hydroxyl groups excluding tert-OH is 1. The highest BCUT2D eigenvalue weighted by atomic mass is 19.1. The van der Waals surface area contributed by atoms with E-state index in [4.69, 9.17) is 9.47 Å². The first-order valence-electron chi connectivity index (χ1n) is 14.0. The molecule has 0 spiro atoms. The molecule has 5 atom stereocenters. The SMILES string of the molecule is C=CCO[C@@H]1C[C@H](NC[C@H](O)[C@H](Cc2cc(F)cc(F)c2)NC(=O)[C@H](CC=C)CCCC)c2cc(OC)ccc21. The van der Waals surface area contributed by atoms with Gasteiger partial charge in [-0.1, -0.05) is 38.0 Å². The van der Waals surface area contributed by atoms with E-state index in [2.05, 4.69) is 30.7 Å². The van der Waals surface area contributed by atoms with Gasteiger partial charge in [0.25, 0.3) is 0 Å². The van der Waals surface area contributed by atoms with Crippen LogP contribution in [0, 0.1) is 17.6 Å². The number of fused-ring (bicyclic) bond motifs is 1. The van der Waals surface area contributed by atoms with Gasteiger partial charge in [-0.15, -0.1) is 13.2 Å². The zero-order valence-corrected chi connectivity index (χ0v) is 23.5. The predicted octanol–water partition coefficient (Wildman–Crippen LogP) is 5.72. The average Bonchev–Trinajstić information content (AvgIpc) is 3.28. The van der Waals surface area contributed by atoms with Crippen LogP contribution in [-0.2, 0) is 16.0 Å². The molecule has 6 nitrogen and oxygen atoms in total. The van der Waals surface area contributed by atoms with Gasteiger partial charge in [0, 0.05) is 24.6 Å². The molecule has 2 aromatic rings. The molecule has 0 radical (unpaired) electrons. The van der Waals surface area contributed by atoms with Gasteiger partial charge >= 0.3 is 0 Å². The van der Waals surface area contributed by atoms with E-state index in [-0.39, 0.29) is 36.9 Å². The molecule has 1 amide bonds. The Morgan fingerprint density at radius 1 is 1.15 bits per heavy atom. The normalized spacial score (nSPS) is 18.4. The molecule has 0 bridgehead atoms. The molecule has 0 aromatic heterocycles. The molecular formula is C32H42F2N2O4. The molecule has 2 aromatic carbocycles. The van der Waals surface area contributed by atoms with Gasteiger partial charge in [0.15, 0.2) is 0 Å². The fourth-order valence-electron chi connectivity index (χ4n) is 5.26. The van der Waals surface area contributed by atoms with Gasteiger partial charge < -0.3 is 25.2 Å². The number of rotatable bonds is 17. The van der Waals surface area contributed by atoms with E-state index in [0.29, 0.717) is 37.2 Å². The van der Waals surface area contributed by atoms with E-state index in [1.165, 1.54) is 12.1 Å². The van der Waals surface area contributed by atoms with Crippen molar-refractivity contribution in [2.75, 3.05) is 20.3 Å². The summed E-state index contributed by atoms with van der Waals surface area (Å²) in [7, 11) is 1.61. The smallest absolute Gasteiger partial charge is 0.223 e. The number of carbonyl (C=O) groups excluding carboxylic acids is 1. The second-order valence-electron chi connectivity index (χ2n) is 10.3. The Morgan fingerprint density at radius 3 is 2.55 bits per heavy atom. The summed E-state index contributed by atoms with van der Waals surface area (Å²) < 4.78 is 39.3. The van der Waals surface area contributed by atoms with Gasteiger partial charge in [-0.25, -0.2) is 8.78 Å². The molecule has 40 heavy (non-hydrogen) atoms. The highest BCUT2D eigenvalue weighted by molar-refractivity contribution is 5.79. The number of hydrogen-bond acceptors (Lipinski definition) is 5. The number of unbranched alkanes of at least 4 members (excludes halogenated alkanes) is 1. The molecule has 0 saturated heterocycles. The third-order valence-corrected chi connectivity index (χ3v) is 7.35. The topological polar surface area (TPSA) is 79.8 Å². The number of hydrogen-bond donors (Lipinski definition) is 3. The third-order valence-electron chi connectivity index (χ3n) is 7.35. The van der Waals surface area contributed by atoms with Crippen molar-refractivity contribution < 1.29 is 28.2 Å². The van der Waals surface area contributed by atoms with Crippen LogP contribution in [0.3, 0.4) is 0 Å². The third kappa shape index (κ3) is 8.71. The summed E-state index contributed by atoms with van der Waals surface area (Å²) in [5.41, 5.74) is 2.40. The second-order valence-corrected chi connectivity index (χ2v) is 10.3. The van der Waals surface area contributed by atoms with Crippen molar-refractivity contribution in [2.24, 2.45) is 5.92 Å². The number of amides is 1. The van der Waals surface area contributed by atoms with Crippen molar-refractivity contribution >= 4 is 5.91 Å². The number of carbonyl (C=O) groups is 1. The van der Waals surface area contributed by atoms with Crippen molar-refractivity contribution in [2.45, 2.75) is 69.7 Å². The Labute approximate surface area is 236 Å². The minimum atomic E-state index is -1.03. The molecule has 8 heteroatoms. The summed E-state index contributed by atoms with van der Waals surface area (Å²) in [6.07, 6.45) is 5.99. The van der Waals surface area contributed by atoms with Crippen molar-refractivity contribution in [3.05, 3.63) is 90.0 Å². The van der Waals surface area contributed by atoms with Crippen molar-refractivity contribution in [3.63, 3.8) is 0 Å². The molecular weight excluding hydrogens is 514 g/mol. The molecule has 0 heterocycles. The molecule has 0 aliphatic heterocycles. The van der Waals surface area contributed by atoms with Crippen LogP contribution in [0.2, 0.25) is 0 Å². The van der Waals surface area contributed by atoms with E-state index < -0.39 is 23.8 Å². The number of methoxy groups -OCH3 is 1. The maximum Gasteiger partial charge on any atom is 0.223 e. The summed E-state index contributed by atoms with van der Waals surface area (Å²) in [6.45, 7) is 10.1. The van der Waals surface area contributed by atoms with Crippen LogP contribution in [0.25, 0.3) is 0 Å². The van der Waals surface area contributed by atoms with Crippen molar-refractivity contribution in [1.82, 2.24) is 10.6 Å². The molecule has 3 rings (SSSR count). The number of ether oxygens (including phenoxy) is 2. The Hall–Kier alpha value is -3.07. The predicted molar refractivity (Wildman–Crippen MR) is 153 cm³/mol. The van der Waals surface area contributed by atoms with E-state index in [9.17, 15) is 18.7 Å². The lowest BCUT2D eigenvalue weighted by Crippen LogP contribution is -2.50. The van der Waals surface area contributed by atoms with Crippen LogP contribution >= 0.6 is 0 Å². The lowest BCUT2D eigenvalue weighted by Gasteiger charge is -2.28. The molecule has 0 fully saturated rings. The standard InChI is InChI=1S/C32H42F2N2O4/c1-5-8-10-22(9-6-2)32(38)36-29(16-21-14-23(33)17-24(34)15-21)30(37)20-35-28-19-31(40-13-7-3)26-12-11-25(39-4)18-27(26)28/h6-7,11-12,14-15,17-18,22,28-31,35,37H,2-3,5,8-10,13,16,19-20H2,1,4H3,(H,36,38)/t22-,28+,29+,30+,31-/m1/s1. The quantitative estimate of drug-likeness (QED) is 0.217. The number of halogens is 2. The minimum Gasteiger partial charge on any atom is -0.497 e. The first-order chi connectivity index (χ1) is 19.3. The zero-order valence-electron chi connectivity index (χ0n) is 23.5. The highest BCUT2D eigenvalue weighted by Gasteiger charge is 2.33. The molecule has 218 valence electrons. The van der Waals surface area contributed by atoms with E-state index >= 15 is 0 Å². The van der Waals surface area contributed by atoms with Crippen LogP contribution in [0.15, 0.2) is 61.7 Å². The van der Waals surface area contributed by atoms with Crippen LogP contribution in [0.5, 0.6) is 5.75 Å². The lowest BCUT2D eigenvalue weighted by molar-refractivity contribution is -0.126. The molecule has 3 N–H and O–H groups in total. The molecule has 1 aliphatic rings. The maximum absolute atomic E-state index is 13.9. The molecule has 1 aliphatic carbocycles. The summed E-state index contributed by atoms with van der Waals surface area (Å²) in [5, 5.41) is 17.7. The Balaban J connectivity index is 1.78. The van der Waals surface area contributed by atoms with E-state index in [0.717, 1.165) is 30.0 Å². The van der Waals surface area contributed by atoms with Crippen LogP contribution in [0.4, 0.5) is 8.78 Å². The van der Waals surface area contributed by atoms with Gasteiger partial charge in [0.1, 0.15) is 17.4 Å². The summed E-state index contributed by atoms with van der Waals surface area (Å²) in [5.74, 6) is -1.19. The van der Waals surface area contributed by atoms with Crippen molar-refractivity contribution in [1.29, 1.82) is 0 Å². The molecule has 0 saturated carbocycles. The maximum atomic E-state index is 13.9. The summed E-state index contributed by atoms with van der Waals surface area (Å²) in [4.78, 5) is 13.2. The lowest BCUT2D eigenvalue weighted by atomic mass is 9.95. The van der Waals surface area contributed by atoms with E-state index in [1.807, 2.05) is 18.2 Å². The van der Waals surface area contributed by atoms with Crippen LogP contribution in [-0.4, -0.2) is 43.4 Å². The molecule has 0 unspecified atom stereocenters. The number of nitrogens with one attached hydrogen (secondary N) is 2. The van der Waals surface area contributed by atoms with E-state index in [1.54, 1.807) is 19.3 Å². The monoisotopic (exact) mass is 556 g/mol. The Morgan fingerprint density at radius 2 is 1.90 bits per heavy atom. The highest BCUT2D eigenvalue weighted by Crippen LogP contribution is 2.42. The first kappa shape index (κ1) is 31.5. The summed E-state index contributed by atoms with van der Waals surface area (Å²) in [6, 6.07) is 8.18. The van der Waals surface area contributed by atoms with Gasteiger partial charge in [0.2, 0.25) is 5.91 Å². The van der Waals surface area contributed by atoms with Gasteiger partial charge in [-0.2, -0.15) is 0 Å². The van der Waals surface area contributed by atoms with Crippen LogP contribution < -0.4 is 15.4 Å². The fraction of sp³-hybridized carbons (Fsp3) is 0.469. The minimum absolute atomic E-state index is 0.0675. The zero-order chi connectivity index (χ0) is 29.1. The Bertz CT molecular complexity index is 1120. The largest absolute Gasteiger partial charge is 0.497 e. The average molecular weight is 557 g/mol. The van der Waals surface area contributed by atoms with Crippen molar-refractivity contribution in [3.8, 4) is 5.75 Å². The van der Waals surface area contributed by atoms with Crippen LogP contribution in [0.1, 0.15) is 67.9 Å². The number of benzene rings is 2. The van der Waals surface area contributed by atoms with Gasteiger partial charge in [-0.05, 0) is 66.6 Å². The second kappa shape index (κ2) is 15.6.